The van der Waals surface area contributed by atoms with Crippen LogP contribution in [0.2, 0.25) is 0 Å². The van der Waals surface area contributed by atoms with Crippen LogP contribution in [0.5, 0.6) is 0 Å². The molecule has 0 aromatic heterocycles. The highest BCUT2D eigenvalue weighted by Gasteiger charge is 2.24. The van der Waals surface area contributed by atoms with Gasteiger partial charge < -0.3 is 4.74 Å². The zero-order valence-corrected chi connectivity index (χ0v) is 11.6. The van der Waals surface area contributed by atoms with Gasteiger partial charge in [-0.2, -0.15) is 0 Å². The molecule has 0 spiro atoms. The first-order valence-corrected chi connectivity index (χ1v) is 6.67. The van der Waals surface area contributed by atoms with Gasteiger partial charge in [-0.1, -0.05) is 44.2 Å². The maximum Gasteiger partial charge on any atom is 0.323 e. The second-order valence-electron chi connectivity index (χ2n) is 4.22. The SMILES string of the molecule is CCOC(=O)C(CC)N(CC)Cc1ccccc1. The van der Waals surface area contributed by atoms with Gasteiger partial charge in [-0.15, -0.1) is 0 Å². The molecule has 1 rings (SSSR count). The Morgan fingerprint density at radius 1 is 1.22 bits per heavy atom. The molecule has 1 unspecified atom stereocenters. The molecule has 0 aliphatic heterocycles. The Morgan fingerprint density at radius 2 is 1.89 bits per heavy atom. The molecule has 0 fully saturated rings. The van der Waals surface area contributed by atoms with Gasteiger partial charge in [0.1, 0.15) is 6.04 Å². The van der Waals surface area contributed by atoms with Gasteiger partial charge in [-0.3, -0.25) is 9.69 Å². The van der Waals surface area contributed by atoms with E-state index in [2.05, 4.69) is 24.0 Å². The summed E-state index contributed by atoms with van der Waals surface area (Å²) in [5.74, 6) is -0.113. The van der Waals surface area contributed by atoms with E-state index in [1.54, 1.807) is 0 Å². The maximum atomic E-state index is 11.9. The minimum atomic E-state index is -0.143. The van der Waals surface area contributed by atoms with Crippen LogP contribution in [0.4, 0.5) is 0 Å². The summed E-state index contributed by atoms with van der Waals surface area (Å²) < 4.78 is 5.13. The van der Waals surface area contributed by atoms with Gasteiger partial charge in [0.15, 0.2) is 0 Å². The van der Waals surface area contributed by atoms with Crippen LogP contribution in [0, 0.1) is 0 Å². The zero-order chi connectivity index (χ0) is 13.4. The molecule has 0 heterocycles. The van der Waals surface area contributed by atoms with Crippen molar-refractivity contribution < 1.29 is 9.53 Å². The summed E-state index contributed by atoms with van der Waals surface area (Å²) in [4.78, 5) is 14.1. The van der Waals surface area contributed by atoms with Gasteiger partial charge in [-0.25, -0.2) is 0 Å². The van der Waals surface area contributed by atoms with Crippen molar-refractivity contribution in [1.82, 2.24) is 4.90 Å². The first kappa shape index (κ1) is 14.7. The summed E-state index contributed by atoms with van der Waals surface area (Å²) in [6.07, 6.45) is 0.777. The highest BCUT2D eigenvalue weighted by molar-refractivity contribution is 5.75. The van der Waals surface area contributed by atoms with Gasteiger partial charge in [0.2, 0.25) is 0 Å². The average molecular weight is 249 g/mol. The van der Waals surface area contributed by atoms with Crippen molar-refractivity contribution in [3.8, 4) is 0 Å². The normalized spacial score (nSPS) is 12.4. The number of carbonyl (C=O) groups excluding carboxylic acids is 1. The predicted octanol–water partition coefficient (Wildman–Crippen LogP) is 2.85. The van der Waals surface area contributed by atoms with Gasteiger partial charge in [0, 0.05) is 6.54 Å². The number of benzene rings is 1. The van der Waals surface area contributed by atoms with Crippen molar-refractivity contribution in [3.63, 3.8) is 0 Å². The molecule has 0 saturated heterocycles. The number of esters is 1. The molecule has 1 aromatic carbocycles. The standard InChI is InChI=1S/C15H23NO2/c1-4-14(15(17)18-6-3)16(5-2)12-13-10-8-7-9-11-13/h7-11,14H,4-6,12H2,1-3H3. The van der Waals surface area contributed by atoms with Crippen molar-refractivity contribution in [1.29, 1.82) is 0 Å². The first-order chi connectivity index (χ1) is 8.72. The van der Waals surface area contributed by atoms with E-state index >= 15 is 0 Å². The van der Waals surface area contributed by atoms with Crippen LogP contribution >= 0.6 is 0 Å². The number of likely N-dealkylation sites (N-methyl/N-ethyl adjacent to an activating group) is 1. The number of hydrogen-bond donors (Lipinski definition) is 0. The summed E-state index contributed by atoms with van der Waals surface area (Å²) in [5.41, 5.74) is 1.22. The Bertz CT molecular complexity index is 351. The molecule has 1 atom stereocenters. The van der Waals surface area contributed by atoms with Crippen LogP contribution in [0.1, 0.15) is 32.8 Å². The number of ether oxygens (including phenoxy) is 1. The molecule has 0 radical (unpaired) electrons. The van der Waals surface area contributed by atoms with Crippen molar-refractivity contribution in [2.24, 2.45) is 0 Å². The van der Waals surface area contributed by atoms with E-state index in [0.29, 0.717) is 6.61 Å². The second kappa shape index (κ2) is 7.88. The lowest BCUT2D eigenvalue weighted by molar-refractivity contribution is -0.149. The van der Waals surface area contributed by atoms with Crippen LogP contribution in [0.25, 0.3) is 0 Å². The zero-order valence-electron chi connectivity index (χ0n) is 11.6. The van der Waals surface area contributed by atoms with E-state index in [4.69, 9.17) is 4.74 Å². The molecule has 1 aromatic rings. The van der Waals surface area contributed by atoms with Gasteiger partial charge in [0.25, 0.3) is 0 Å². The topological polar surface area (TPSA) is 29.5 Å². The Labute approximate surface area is 110 Å². The minimum absolute atomic E-state index is 0.113. The molecule has 3 heteroatoms. The van der Waals surface area contributed by atoms with E-state index < -0.39 is 0 Å². The Balaban J connectivity index is 2.71. The summed E-state index contributed by atoms with van der Waals surface area (Å²) in [7, 11) is 0. The predicted molar refractivity (Wildman–Crippen MR) is 73.2 cm³/mol. The van der Waals surface area contributed by atoms with Crippen LogP contribution in [-0.4, -0.2) is 30.1 Å². The minimum Gasteiger partial charge on any atom is -0.465 e. The second-order valence-corrected chi connectivity index (χ2v) is 4.22. The molecule has 0 aliphatic rings. The van der Waals surface area contributed by atoms with Crippen molar-refractivity contribution in [2.45, 2.75) is 39.8 Å². The smallest absolute Gasteiger partial charge is 0.323 e. The fraction of sp³-hybridized carbons (Fsp3) is 0.533. The van der Waals surface area contributed by atoms with Gasteiger partial charge in [-0.05, 0) is 25.5 Å². The highest BCUT2D eigenvalue weighted by Crippen LogP contribution is 2.12. The molecule has 0 N–H and O–H groups in total. The van der Waals surface area contributed by atoms with Gasteiger partial charge in [0.05, 0.1) is 6.61 Å². The highest BCUT2D eigenvalue weighted by atomic mass is 16.5. The Kier molecular flexibility index (Phi) is 6.44. The van der Waals surface area contributed by atoms with Gasteiger partial charge >= 0.3 is 5.97 Å². The molecule has 0 saturated carbocycles. The lowest BCUT2D eigenvalue weighted by Crippen LogP contribution is -2.41. The lowest BCUT2D eigenvalue weighted by Gasteiger charge is -2.28. The Morgan fingerprint density at radius 3 is 2.39 bits per heavy atom. The van der Waals surface area contributed by atoms with Crippen LogP contribution in [0.3, 0.4) is 0 Å². The summed E-state index contributed by atoms with van der Waals surface area (Å²) in [5, 5.41) is 0. The van der Waals surface area contributed by atoms with Crippen LogP contribution < -0.4 is 0 Å². The third-order valence-corrected chi connectivity index (χ3v) is 3.02. The number of nitrogens with zero attached hydrogens (tertiary/aromatic N) is 1. The fourth-order valence-electron chi connectivity index (χ4n) is 2.07. The number of rotatable bonds is 7. The monoisotopic (exact) mass is 249 g/mol. The van der Waals surface area contributed by atoms with Crippen molar-refractivity contribution in [2.75, 3.05) is 13.2 Å². The van der Waals surface area contributed by atoms with E-state index in [9.17, 15) is 4.79 Å². The third-order valence-electron chi connectivity index (χ3n) is 3.02. The molecule has 0 bridgehead atoms. The molecular weight excluding hydrogens is 226 g/mol. The molecule has 0 aliphatic carbocycles. The van der Waals surface area contributed by atoms with Crippen molar-refractivity contribution in [3.05, 3.63) is 35.9 Å². The fourth-order valence-corrected chi connectivity index (χ4v) is 2.07. The number of carbonyl (C=O) groups is 1. The van der Waals surface area contributed by atoms with Crippen LogP contribution in [-0.2, 0) is 16.1 Å². The summed E-state index contributed by atoms with van der Waals surface area (Å²) in [6.45, 7) is 8.01. The lowest BCUT2D eigenvalue weighted by atomic mass is 10.1. The molecule has 100 valence electrons. The maximum absolute atomic E-state index is 11.9. The van der Waals surface area contributed by atoms with E-state index in [-0.39, 0.29) is 12.0 Å². The average Bonchev–Trinajstić information content (AvgIpc) is 2.40. The largest absolute Gasteiger partial charge is 0.465 e. The van der Waals surface area contributed by atoms with Crippen molar-refractivity contribution >= 4 is 5.97 Å². The van der Waals surface area contributed by atoms with Crippen LogP contribution in [0.15, 0.2) is 30.3 Å². The van der Waals surface area contributed by atoms with E-state index in [1.165, 1.54) is 5.56 Å². The number of hydrogen-bond acceptors (Lipinski definition) is 3. The molecule has 0 amide bonds. The third kappa shape index (κ3) is 4.15. The quantitative estimate of drug-likeness (QED) is 0.696. The van der Waals surface area contributed by atoms with E-state index in [0.717, 1.165) is 19.5 Å². The first-order valence-electron chi connectivity index (χ1n) is 6.67. The molecular formula is C15H23NO2. The molecule has 18 heavy (non-hydrogen) atoms. The van der Waals surface area contributed by atoms with E-state index in [1.807, 2.05) is 32.0 Å². The summed E-state index contributed by atoms with van der Waals surface area (Å²) >= 11 is 0. The molecule has 3 nitrogen and oxygen atoms in total. The summed E-state index contributed by atoms with van der Waals surface area (Å²) in [6, 6.07) is 10.1. The Hall–Kier alpha value is -1.35.